The third-order valence-electron chi connectivity index (χ3n) is 9.55. The Balaban J connectivity index is 0.00000364. The van der Waals surface area contributed by atoms with E-state index in [-0.39, 0.29) is 53.3 Å². The molecule has 2 aliphatic rings. The lowest BCUT2D eigenvalue weighted by atomic mass is 9.68. The number of dihydropyridines is 1. The van der Waals surface area contributed by atoms with Crippen molar-refractivity contribution >= 4 is 30.0 Å². The second-order valence-corrected chi connectivity index (χ2v) is 12.5. The Hall–Kier alpha value is -4.59. The summed E-state index contributed by atoms with van der Waals surface area (Å²) in [6.07, 6.45) is 2.09. The van der Waals surface area contributed by atoms with Gasteiger partial charge in [0.1, 0.15) is 6.61 Å². The van der Waals surface area contributed by atoms with E-state index in [1.807, 2.05) is 0 Å². The van der Waals surface area contributed by atoms with Gasteiger partial charge >= 0.3 is 11.9 Å². The third-order valence-corrected chi connectivity index (χ3v) is 9.55. The molecule has 1 unspecified atom stereocenters. The number of nitrogens with one attached hydrogen (secondary N) is 1. The third kappa shape index (κ3) is 9.84. The van der Waals surface area contributed by atoms with E-state index in [0.29, 0.717) is 36.8 Å². The number of ether oxygens (including phenoxy) is 4. The lowest BCUT2D eigenvalue weighted by molar-refractivity contribution is -0.384. The van der Waals surface area contributed by atoms with Crippen molar-refractivity contribution in [2.45, 2.75) is 38.0 Å². The highest BCUT2D eigenvalue weighted by molar-refractivity contribution is 5.99. The van der Waals surface area contributed by atoms with Crippen molar-refractivity contribution in [1.29, 1.82) is 0 Å². The average molecular weight is 738 g/mol. The summed E-state index contributed by atoms with van der Waals surface area (Å²) in [5, 5.41) is 14.5. The number of carbonyl (C=O) groups is 2. The van der Waals surface area contributed by atoms with Crippen LogP contribution in [-0.2, 0) is 34.0 Å². The Morgan fingerprint density at radius 3 is 1.90 bits per heavy atom. The molecule has 2 aliphatic heterocycles. The summed E-state index contributed by atoms with van der Waals surface area (Å²) in [6, 6.07) is 27.5. The summed E-state index contributed by atoms with van der Waals surface area (Å²) in [7, 11) is 1.24. The molecule has 280 valence electrons. The first-order valence-electron chi connectivity index (χ1n) is 16.9. The van der Waals surface area contributed by atoms with Crippen LogP contribution in [-0.4, -0.2) is 87.0 Å². The Kier molecular flexibility index (Phi) is 16.0. The predicted molar refractivity (Wildman–Crippen MR) is 199 cm³/mol. The highest BCUT2D eigenvalue weighted by Gasteiger charge is 2.39. The van der Waals surface area contributed by atoms with Crippen LogP contribution in [0, 0.1) is 10.1 Å². The molecule has 1 atom stereocenters. The van der Waals surface area contributed by atoms with Crippen LogP contribution in [0.3, 0.4) is 0 Å². The standard InChI is InChI=1S/C39H45N3O8.ClH.H2O/c1-28-34(37(43)47-3)36(30-11-10-16-33(27-30)42(45)46)35(29(2)40-28)38(44)50-26-25-49-24-23-48-22-21-41-19-17-39(18-20-41,31-12-6-4-7-13-31)32-14-8-5-9-15-32;;/h4-16,27,36,40H,17-26H2,1-3H3;1H;1H2. The van der Waals surface area contributed by atoms with E-state index >= 15 is 0 Å². The molecule has 2 heterocycles. The zero-order valence-corrected chi connectivity index (χ0v) is 30.6. The van der Waals surface area contributed by atoms with Crippen molar-refractivity contribution in [3.8, 4) is 0 Å². The molecular formula is C39H48ClN3O9. The van der Waals surface area contributed by atoms with Gasteiger partial charge in [-0.25, -0.2) is 9.59 Å². The molecule has 3 N–H and O–H groups in total. The van der Waals surface area contributed by atoms with Gasteiger partial charge in [0.05, 0.1) is 55.5 Å². The second kappa shape index (κ2) is 19.9. The first kappa shape index (κ1) is 41.8. The molecule has 5 rings (SSSR count). The maximum atomic E-state index is 13.4. The van der Waals surface area contributed by atoms with Gasteiger partial charge in [0, 0.05) is 35.5 Å². The van der Waals surface area contributed by atoms with Crippen LogP contribution in [0.25, 0.3) is 0 Å². The van der Waals surface area contributed by atoms with E-state index in [4.69, 9.17) is 18.9 Å². The second-order valence-electron chi connectivity index (χ2n) is 12.5. The van der Waals surface area contributed by atoms with Gasteiger partial charge in [-0.3, -0.25) is 10.1 Å². The van der Waals surface area contributed by atoms with Crippen molar-refractivity contribution in [3.63, 3.8) is 0 Å². The van der Waals surface area contributed by atoms with Crippen LogP contribution >= 0.6 is 12.4 Å². The summed E-state index contributed by atoms with van der Waals surface area (Å²) >= 11 is 0. The predicted octanol–water partition coefficient (Wildman–Crippen LogP) is 5.26. The molecule has 1 saturated heterocycles. The summed E-state index contributed by atoms with van der Waals surface area (Å²) in [4.78, 5) is 39.6. The van der Waals surface area contributed by atoms with Crippen LogP contribution in [0.1, 0.15) is 49.3 Å². The number of hydrogen-bond acceptors (Lipinski definition) is 10. The van der Waals surface area contributed by atoms with Crippen molar-refractivity contribution in [3.05, 3.63) is 134 Å². The molecule has 0 radical (unpaired) electrons. The number of halogens is 1. The molecule has 3 aromatic carbocycles. The van der Waals surface area contributed by atoms with Gasteiger partial charge in [0.2, 0.25) is 0 Å². The summed E-state index contributed by atoms with van der Waals surface area (Å²) in [5.41, 5.74) is 4.30. The van der Waals surface area contributed by atoms with Crippen molar-refractivity contribution in [2.24, 2.45) is 0 Å². The van der Waals surface area contributed by atoms with E-state index < -0.39 is 22.8 Å². The fraction of sp³-hybridized carbons (Fsp3) is 0.385. The van der Waals surface area contributed by atoms with Crippen LogP contribution in [0.4, 0.5) is 5.69 Å². The Labute approximate surface area is 310 Å². The Morgan fingerprint density at radius 2 is 1.35 bits per heavy atom. The lowest BCUT2D eigenvalue weighted by Crippen LogP contribution is -2.44. The highest BCUT2D eigenvalue weighted by Crippen LogP contribution is 2.42. The van der Waals surface area contributed by atoms with E-state index in [1.165, 1.54) is 36.4 Å². The summed E-state index contributed by atoms with van der Waals surface area (Å²) < 4.78 is 22.1. The van der Waals surface area contributed by atoms with Crippen LogP contribution in [0.15, 0.2) is 107 Å². The molecule has 0 bridgehead atoms. The number of nitrogens with zero attached hydrogens (tertiary/aromatic N) is 2. The fourth-order valence-corrected chi connectivity index (χ4v) is 7.00. The first-order chi connectivity index (χ1) is 24.2. The summed E-state index contributed by atoms with van der Waals surface area (Å²) in [6.45, 7) is 7.67. The van der Waals surface area contributed by atoms with E-state index in [2.05, 4.69) is 70.9 Å². The van der Waals surface area contributed by atoms with E-state index in [9.17, 15) is 19.7 Å². The van der Waals surface area contributed by atoms with Gasteiger partial charge in [0.15, 0.2) is 0 Å². The number of carbonyl (C=O) groups excluding carboxylic acids is 2. The molecule has 0 spiro atoms. The van der Waals surface area contributed by atoms with E-state index in [1.54, 1.807) is 19.9 Å². The van der Waals surface area contributed by atoms with Crippen molar-refractivity contribution in [1.82, 2.24) is 10.2 Å². The minimum Gasteiger partial charge on any atom is -0.466 e. The monoisotopic (exact) mass is 737 g/mol. The molecule has 0 saturated carbocycles. The zero-order chi connectivity index (χ0) is 35.5. The van der Waals surface area contributed by atoms with Crippen molar-refractivity contribution in [2.75, 3.05) is 59.8 Å². The molecule has 0 amide bonds. The fourth-order valence-electron chi connectivity index (χ4n) is 7.00. The molecule has 0 aromatic heterocycles. The van der Waals surface area contributed by atoms with Gasteiger partial charge < -0.3 is 34.6 Å². The SMILES string of the molecule is COC(=O)C1=C(C)NC(C)=C(C(=O)OCCOCCOCCN2CCC(c3ccccc3)(c3ccccc3)CC2)C1c1cccc([N+](=O)[O-])c1.Cl.O. The number of likely N-dealkylation sites (tertiary alicyclic amines) is 1. The lowest BCUT2D eigenvalue weighted by Gasteiger charge is -2.43. The highest BCUT2D eigenvalue weighted by atomic mass is 35.5. The number of benzene rings is 3. The Morgan fingerprint density at radius 1 is 0.808 bits per heavy atom. The molecular weight excluding hydrogens is 690 g/mol. The smallest absolute Gasteiger partial charge is 0.336 e. The molecule has 13 heteroatoms. The number of hydrogen-bond donors (Lipinski definition) is 1. The largest absolute Gasteiger partial charge is 0.466 e. The van der Waals surface area contributed by atoms with Gasteiger partial charge in [-0.15, -0.1) is 12.4 Å². The van der Waals surface area contributed by atoms with Crippen LogP contribution < -0.4 is 5.32 Å². The van der Waals surface area contributed by atoms with Gasteiger partial charge in [0.25, 0.3) is 5.69 Å². The topological polar surface area (TPSA) is 161 Å². The molecule has 1 fully saturated rings. The van der Waals surface area contributed by atoms with E-state index in [0.717, 1.165) is 32.5 Å². The number of allylic oxidation sites excluding steroid dienone is 2. The maximum absolute atomic E-state index is 13.4. The number of nitro benzene ring substituents is 1. The number of nitro groups is 1. The number of non-ortho nitro benzene ring substituents is 1. The Bertz CT molecular complexity index is 1670. The normalized spacial score (nSPS) is 16.9. The number of piperidine rings is 1. The van der Waals surface area contributed by atoms with Gasteiger partial charge in [-0.05, 0) is 56.5 Å². The van der Waals surface area contributed by atoms with Gasteiger partial charge in [-0.2, -0.15) is 0 Å². The minimum atomic E-state index is -0.918. The van der Waals surface area contributed by atoms with Crippen molar-refractivity contribution < 1.29 is 38.9 Å². The number of rotatable bonds is 15. The molecule has 3 aromatic rings. The maximum Gasteiger partial charge on any atom is 0.336 e. The minimum absolute atomic E-state index is 0. The van der Waals surface area contributed by atoms with Gasteiger partial charge in [-0.1, -0.05) is 72.8 Å². The van der Waals surface area contributed by atoms with Crippen LogP contribution in [0.5, 0.6) is 0 Å². The number of methoxy groups -OCH3 is 1. The quantitative estimate of drug-likeness (QED) is 0.0943. The molecule has 52 heavy (non-hydrogen) atoms. The number of esters is 2. The summed E-state index contributed by atoms with van der Waals surface area (Å²) in [5.74, 6) is -2.23. The molecule has 12 nitrogen and oxygen atoms in total. The average Bonchev–Trinajstić information content (AvgIpc) is 3.14. The first-order valence-corrected chi connectivity index (χ1v) is 16.9. The molecule has 0 aliphatic carbocycles. The van der Waals surface area contributed by atoms with Crippen LogP contribution in [0.2, 0.25) is 0 Å². The zero-order valence-electron chi connectivity index (χ0n) is 29.8.